The Morgan fingerprint density at radius 1 is 0.571 bits per heavy atom. The van der Waals surface area contributed by atoms with Gasteiger partial charge in [0.2, 0.25) is 0 Å². The van der Waals surface area contributed by atoms with E-state index in [9.17, 15) is 0 Å². The van der Waals surface area contributed by atoms with E-state index in [2.05, 4.69) is 23.2 Å². The standard InChI is InChI=1S/C24H20N2O2/c1-27-20-12-18(13-21(16-20)28-2)19-14-23(17-8-4-3-5-9-17)26-24(15-19)22-10-6-7-11-25-22/h3-16H,1-2H3. The molecule has 2 aromatic carbocycles. The smallest absolute Gasteiger partial charge is 0.123 e. The summed E-state index contributed by atoms with van der Waals surface area (Å²) in [6, 6.07) is 25.9. The summed E-state index contributed by atoms with van der Waals surface area (Å²) in [5.74, 6) is 1.48. The highest BCUT2D eigenvalue weighted by Crippen LogP contribution is 2.33. The fourth-order valence-electron chi connectivity index (χ4n) is 3.07. The SMILES string of the molecule is COc1cc(OC)cc(-c2cc(-c3ccccc3)nc(-c3ccccn3)c2)c1. The molecule has 28 heavy (non-hydrogen) atoms. The summed E-state index contributed by atoms with van der Waals surface area (Å²) >= 11 is 0. The van der Waals surface area contributed by atoms with Crippen molar-refractivity contribution in [3.63, 3.8) is 0 Å². The third-order valence-corrected chi connectivity index (χ3v) is 4.51. The summed E-state index contributed by atoms with van der Waals surface area (Å²) < 4.78 is 10.9. The molecule has 4 aromatic rings. The lowest BCUT2D eigenvalue weighted by molar-refractivity contribution is 0.394. The van der Waals surface area contributed by atoms with Crippen molar-refractivity contribution in [2.75, 3.05) is 14.2 Å². The van der Waals surface area contributed by atoms with E-state index in [1.165, 1.54) is 0 Å². The molecule has 0 saturated heterocycles. The first-order valence-electron chi connectivity index (χ1n) is 8.99. The maximum absolute atomic E-state index is 5.44. The molecule has 4 nitrogen and oxygen atoms in total. The van der Waals surface area contributed by atoms with E-state index in [4.69, 9.17) is 14.5 Å². The molecule has 0 radical (unpaired) electrons. The number of ether oxygens (including phenoxy) is 2. The zero-order valence-corrected chi connectivity index (χ0v) is 15.8. The number of aromatic nitrogens is 2. The zero-order chi connectivity index (χ0) is 19.3. The first-order chi connectivity index (χ1) is 13.8. The van der Waals surface area contributed by atoms with Crippen molar-refractivity contribution in [3.8, 4) is 45.3 Å². The van der Waals surface area contributed by atoms with Gasteiger partial charge in [-0.2, -0.15) is 0 Å². The first kappa shape index (κ1) is 17.7. The summed E-state index contributed by atoms with van der Waals surface area (Å²) in [7, 11) is 3.31. The monoisotopic (exact) mass is 368 g/mol. The number of nitrogens with zero attached hydrogens (tertiary/aromatic N) is 2. The Morgan fingerprint density at radius 3 is 1.86 bits per heavy atom. The molecule has 138 valence electrons. The van der Waals surface area contributed by atoms with Gasteiger partial charge >= 0.3 is 0 Å². The summed E-state index contributed by atoms with van der Waals surface area (Å²) in [6.07, 6.45) is 1.78. The molecule has 0 bridgehead atoms. The maximum atomic E-state index is 5.44. The van der Waals surface area contributed by atoms with Crippen LogP contribution in [0, 0.1) is 0 Å². The Hall–Kier alpha value is -3.66. The Bertz CT molecular complexity index is 1000. The Balaban J connectivity index is 1.92. The number of rotatable bonds is 5. The number of pyridine rings is 2. The van der Waals surface area contributed by atoms with Crippen LogP contribution in [0.5, 0.6) is 11.5 Å². The van der Waals surface area contributed by atoms with Gasteiger partial charge in [0.05, 0.1) is 31.3 Å². The second-order valence-electron chi connectivity index (χ2n) is 6.31. The molecule has 0 fully saturated rings. The Morgan fingerprint density at radius 2 is 1.21 bits per heavy atom. The summed E-state index contributed by atoms with van der Waals surface area (Å²) in [6.45, 7) is 0. The highest BCUT2D eigenvalue weighted by molar-refractivity contribution is 5.77. The van der Waals surface area contributed by atoms with Gasteiger partial charge in [-0.1, -0.05) is 36.4 Å². The highest BCUT2D eigenvalue weighted by atomic mass is 16.5. The van der Waals surface area contributed by atoms with Gasteiger partial charge in [0, 0.05) is 17.8 Å². The van der Waals surface area contributed by atoms with Crippen molar-refractivity contribution >= 4 is 0 Å². The van der Waals surface area contributed by atoms with Gasteiger partial charge in [0.1, 0.15) is 11.5 Å². The molecule has 2 heterocycles. The molecule has 0 aliphatic heterocycles. The predicted octanol–water partition coefficient (Wildman–Crippen LogP) is 5.49. The Labute approximate surface area is 164 Å². The predicted molar refractivity (Wildman–Crippen MR) is 111 cm³/mol. The van der Waals surface area contributed by atoms with Gasteiger partial charge in [-0.05, 0) is 47.5 Å². The molecule has 0 atom stereocenters. The van der Waals surface area contributed by atoms with E-state index < -0.39 is 0 Å². The molecule has 0 saturated carbocycles. The average molecular weight is 368 g/mol. The van der Waals surface area contributed by atoms with Crippen LogP contribution in [0.3, 0.4) is 0 Å². The molecule has 0 aliphatic carbocycles. The first-order valence-corrected chi connectivity index (χ1v) is 8.99. The van der Waals surface area contributed by atoms with Crippen molar-refractivity contribution in [2.24, 2.45) is 0 Å². The van der Waals surface area contributed by atoms with Crippen LogP contribution in [-0.2, 0) is 0 Å². The molecule has 0 spiro atoms. The molecular formula is C24H20N2O2. The van der Waals surface area contributed by atoms with Gasteiger partial charge in [-0.15, -0.1) is 0 Å². The number of benzene rings is 2. The van der Waals surface area contributed by atoms with Crippen molar-refractivity contribution in [1.29, 1.82) is 0 Å². The van der Waals surface area contributed by atoms with Crippen LogP contribution in [0.15, 0.2) is 85.1 Å². The van der Waals surface area contributed by atoms with E-state index in [0.717, 1.165) is 45.3 Å². The summed E-state index contributed by atoms with van der Waals surface area (Å²) in [4.78, 5) is 9.33. The van der Waals surface area contributed by atoms with Crippen LogP contribution >= 0.6 is 0 Å². The third-order valence-electron chi connectivity index (χ3n) is 4.51. The highest BCUT2D eigenvalue weighted by Gasteiger charge is 2.11. The third kappa shape index (κ3) is 3.71. The van der Waals surface area contributed by atoms with Crippen LogP contribution in [0.1, 0.15) is 0 Å². The lowest BCUT2D eigenvalue weighted by Crippen LogP contribution is -1.94. The second-order valence-corrected chi connectivity index (χ2v) is 6.31. The second kappa shape index (κ2) is 7.92. The molecule has 4 heteroatoms. The van der Waals surface area contributed by atoms with E-state index in [-0.39, 0.29) is 0 Å². The topological polar surface area (TPSA) is 44.2 Å². The fourth-order valence-corrected chi connectivity index (χ4v) is 3.07. The van der Waals surface area contributed by atoms with Crippen molar-refractivity contribution < 1.29 is 9.47 Å². The molecule has 0 amide bonds. The van der Waals surface area contributed by atoms with Gasteiger partial charge in [-0.25, -0.2) is 4.98 Å². The van der Waals surface area contributed by atoms with Gasteiger partial charge in [0.15, 0.2) is 0 Å². The van der Waals surface area contributed by atoms with Crippen LogP contribution in [-0.4, -0.2) is 24.2 Å². The van der Waals surface area contributed by atoms with Crippen molar-refractivity contribution in [1.82, 2.24) is 9.97 Å². The summed E-state index contributed by atoms with van der Waals surface area (Å²) in [5.41, 5.74) is 5.60. The average Bonchev–Trinajstić information content (AvgIpc) is 2.79. The number of hydrogen-bond acceptors (Lipinski definition) is 4. The van der Waals surface area contributed by atoms with Gasteiger partial charge < -0.3 is 9.47 Å². The summed E-state index contributed by atoms with van der Waals surface area (Å²) in [5, 5.41) is 0. The molecule has 0 aliphatic rings. The van der Waals surface area contributed by atoms with E-state index in [1.54, 1.807) is 20.4 Å². The molecule has 0 unspecified atom stereocenters. The van der Waals surface area contributed by atoms with Crippen LogP contribution in [0.2, 0.25) is 0 Å². The van der Waals surface area contributed by atoms with E-state index in [1.807, 2.05) is 60.7 Å². The molecule has 2 aromatic heterocycles. The minimum absolute atomic E-state index is 0.742. The maximum Gasteiger partial charge on any atom is 0.123 e. The van der Waals surface area contributed by atoms with Crippen molar-refractivity contribution in [3.05, 3.63) is 85.1 Å². The van der Waals surface area contributed by atoms with Crippen LogP contribution in [0.25, 0.3) is 33.8 Å². The molecular weight excluding hydrogens is 348 g/mol. The fraction of sp³-hybridized carbons (Fsp3) is 0.0833. The van der Waals surface area contributed by atoms with Crippen LogP contribution < -0.4 is 9.47 Å². The van der Waals surface area contributed by atoms with E-state index in [0.29, 0.717) is 0 Å². The van der Waals surface area contributed by atoms with Gasteiger partial charge in [0.25, 0.3) is 0 Å². The molecule has 4 rings (SSSR count). The largest absolute Gasteiger partial charge is 0.497 e. The Kier molecular flexibility index (Phi) is 5.02. The lowest BCUT2D eigenvalue weighted by Gasteiger charge is -2.12. The minimum Gasteiger partial charge on any atom is -0.497 e. The minimum atomic E-state index is 0.742. The number of hydrogen-bond donors (Lipinski definition) is 0. The zero-order valence-electron chi connectivity index (χ0n) is 15.8. The quantitative estimate of drug-likeness (QED) is 0.467. The van der Waals surface area contributed by atoms with Crippen molar-refractivity contribution in [2.45, 2.75) is 0 Å². The van der Waals surface area contributed by atoms with Crippen LogP contribution in [0.4, 0.5) is 0 Å². The van der Waals surface area contributed by atoms with E-state index >= 15 is 0 Å². The normalized spacial score (nSPS) is 10.5. The van der Waals surface area contributed by atoms with Gasteiger partial charge in [-0.3, -0.25) is 4.98 Å². The number of methoxy groups -OCH3 is 2. The lowest BCUT2D eigenvalue weighted by atomic mass is 10.0. The molecule has 0 N–H and O–H groups in total.